The smallest absolute Gasteiger partial charge is 0.252 e. The second-order valence-corrected chi connectivity index (χ2v) is 7.09. The fourth-order valence-electron chi connectivity index (χ4n) is 3.47. The third-order valence-electron chi connectivity index (χ3n) is 5.20. The third kappa shape index (κ3) is 3.83. The van der Waals surface area contributed by atoms with E-state index < -0.39 is 0 Å². The number of carbonyl (C=O) groups is 1. The van der Waals surface area contributed by atoms with Crippen molar-refractivity contribution in [1.82, 2.24) is 10.3 Å². The minimum absolute atomic E-state index is 0.137. The van der Waals surface area contributed by atoms with Gasteiger partial charge in [0.15, 0.2) is 11.5 Å². The van der Waals surface area contributed by atoms with Gasteiger partial charge in [-0.05, 0) is 31.0 Å². The monoisotopic (exact) mass is 392 g/mol. The van der Waals surface area contributed by atoms with Crippen LogP contribution < -0.4 is 19.5 Å². The lowest BCUT2D eigenvalue weighted by atomic mass is 10.0. The van der Waals surface area contributed by atoms with Gasteiger partial charge in [-0.2, -0.15) is 0 Å². The maximum Gasteiger partial charge on any atom is 0.252 e. The second kappa shape index (κ2) is 7.99. The number of carbonyl (C=O) groups excluding carboxylic acids is 1. The lowest BCUT2D eigenvalue weighted by Crippen LogP contribution is -2.23. The van der Waals surface area contributed by atoms with Gasteiger partial charge < -0.3 is 19.5 Å². The summed E-state index contributed by atoms with van der Waals surface area (Å²) in [6, 6.07) is 13.3. The van der Waals surface area contributed by atoms with E-state index in [2.05, 4.69) is 5.32 Å². The minimum Gasteiger partial charge on any atom is -0.496 e. The number of methoxy groups -OCH3 is 3. The number of aromatic nitrogens is 1. The van der Waals surface area contributed by atoms with Gasteiger partial charge in [-0.3, -0.25) is 9.78 Å². The van der Waals surface area contributed by atoms with E-state index >= 15 is 0 Å². The summed E-state index contributed by atoms with van der Waals surface area (Å²) in [6.45, 7) is 0.303. The van der Waals surface area contributed by atoms with Crippen molar-refractivity contribution in [2.45, 2.75) is 25.3 Å². The fraction of sp³-hybridized carbons (Fsp3) is 0.304. The highest BCUT2D eigenvalue weighted by Gasteiger charge is 2.27. The van der Waals surface area contributed by atoms with Crippen molar-refractivity contribution in [3.63, 3.8) is 0 Å². The largest absolute Gasteiger partial charge is 0.496 e. The van der Waals surface area contributed by atoms with E-state index in [9.17, 15) is 4.79 Å². The molecule has 0 atom stereocenters. The molecule has 1 amide bonds. The van der Waals surface area contributed by atoms with Crippen molar-refractivity contribution in [2.24, 2.45) is 0 Å². The number of ether oxygens (including phenoxy) is 3. The highest BCUT2D eigenvalue weighted by molar-refractivity contribution is 6.06. The highest BCUT2D eigenvalue weighted by Crippen LogP contribution is 2.40. The molecule has 6 nitrogen and oxygen atoms in total. The number of rotatable bonds is 7. The van der Waals surface area contributed by atoms with Crippen LogP contribution in [0.15, 0.2) is 42.5 Å². The molecule has 3 aromatic rings. The standard InChI is InChI=1S/C23H24N2O4/c1-27-20-12-22(29-3)21(28-2)10-15(20)13-24-23(26)17-11-19(14-8-9-14)25-18-7-5-4-6-16(17)18/h4-7,10-12,14H,8-9,13H2,1-3H3,(H,24,26). The van der Waals surface area contributed by atoms with Gasteiger partial charge in [-0.15, -0.1) is 0 Å². The van der Waals surface area contributed by atoms with E-state index in [1.807, 2.05) is 36.4 Å². The molecule has 1 aliphatic carbocycles. The van der Waals surface area contributed by atoms with Gasteiger partial charge in [0.1, 0.15) is 5.75 Å². The fourth-order valence-corrected chi connectivity index (χ4v) is 3.47. The first kappa shape index (κ1) is 19.1. The summed E-state index contributed by atoms with van der Waals surface area (Å²) in [5, 5.41) is 3.87. The van der Waals surface area contributed by atoms with Crippen molar-refractivity contribution >= 4 is 16.8 Å². The van der Waals surface area contributed by atoms with Crippen LogP contribution in [-0.2, 0) is 6.54 Å². The van der Waals surface area contributed by atoms with Crippen molar-refractivity contribution in [1.29, 1.82) is 0 Å². The summed E-state index contributed by atoms with van der Waals surface area (Å²) in [6.07, 6.45) is 2.27. The van der Waals surface area contributed by atoms with Gasteiger partial charge >= 0.3 is 0 Å². The van der Waals surface area contributed by atoms with E-state index in [1.54, 1.807) is 27.4 Å². The van der Waals surface area contributed by atoms with Crippen LogP contribution in [0.2, 0.25) is 0 Å². The lowest BCUT2D eigenvalue weighted by molar-refractivity contribution is 0.0952. The molecule has 0 unspecified atom stereocenters. The molecule has 1 N–H and O–H groups in total. The maximum absolute atomic E-state index is 13.1. The summed E-state index contributed by atoms with van der Waals surface area (Å²) < 4.78 is 16.1. The Hall–Kier alpha value is -3.28. The number of amides is 1. The van der Waals surface area contributed by atoms with Crippen LogP contribution in [0.1, 0.15) is 40.4 Å². The number of hydrogen-bond acceptors (Lipinski definition) is 5. The Morgan fingerprint density at radius 1 is 1.00 bits per heavy atom. The van der Waals surface area contributed by atoms with E-state index in [0.717, 1.165) is 35.0 Å². The average molecular weight is 392 g/mol. The second-order valence-electron chi connectivity index (χ2n) is 7.09. The zero-order valence-electron chi connectivity index (χ0n) is 16.8. The first-order chi connectivity index (χ1) is 14.1. The van der Waals surface area contributed by atoms with E-state index in [1.165, 1.54) is 0 Å². The van der Waals surface area contributed by atoms with E-state index in [-0.39, 0.29) is 5.91 Å². The van der Waals surface area contributed by atoms with Crippen molar-refractivity contribution in [3.8, 4) is 17.2 Å². The first-order valence-electron chi connectivity index (χ1n) is 9.61. The Labute approximate surface area is 169 Å². The van der Waals surface area contributed by atoms with Crippen LogP contribution in [0, 0.1) is 0 Å². The molecule has 0 radical (unpaired) electrons. The zero-order valence-corrected chi connectivity index (χ0v) is 16.8. The molecule has 0 spiro atoms. The Bertz CT molecular complexity index is 1060. The van der Waals surface area contributed by atoms with Crippen LogP contribution in [0.25, 0.3) is 10.9 Å². The molecule has 2 aromatic carbocycles. The predicted molar refractivity (Wildman–Crippen MR) is 111 cm³/mol. The van der Waals surface area contributed by atoms with Crippen LogP contribution in [0.4, 0.5) is 0 Å². The molecule has 29 heavy (non-hydrogen) atoms. The van der Waals surface area contributed by atoms with Crippen LogP contribution >= 0.6 is 0 Å². The number of hydrogen-bond donors (Lipinski definition) is 1. The molecular weight excluding hydrogens is 368 g/mol. The van der Waals surface area contributed by atoms with Crippen molar-refractivity contribution < 1.29 is 19.0 Å². The van der Waals surface area contributed by atoms with Gasteiger partial charge in [0.05, 0.1) is 32.4 Å². The number of benzene rings is 2. The maximum atomic E-state index is 13.1. The SMILES string of the molecule is COc1cc(OC)c(OC)cc1CNC(=O)c1cc(C2CC2)nc2ccccc12. The molecule has 1 saturated carbocycles. The van der Waals surface area contributed by atoms with E-state index in [0.29, 0.717) is 35.3 Å². The topological polar surface area (TPSA) is 69.7 Å². The van der Waals surface area contributed by atoms with Gasteiger partial charge in [0.2, 0.25) is 0 Å². The van der Waals surface area contributed by atoms with Crippen LogP contribution in [-0.4, -0.2) is 32.2 Å². The van der Waals surface area contributed by atoms with Crippen LogP contribution in [0.3, 0.4) is 0 Å². The zero-order chi connectivity index (χ0) is 20.4. The Kier molecular flexibility index (Phi) is 5.25. The summed E-state index contributed by atoms with van der Waals surface area (Å²) in [4.78, 5) is 17.8. The van der Waals surface area contributed by atoms with Crippen LogP contribution in [0.5, 0.6) is 17.2 Å². The molecule has 1 aromatic heterocycles. The summed E-state index contributed by atoms with van der Waals surface area (Å²) >= 11 is 0. The number of nitrogens with one attached hydrogen (secondary N) is 1. The van der Waals surface area contributed by atoms with E-state index in [4.69, 9.17) is 19.2 Å². The van der Waals surface area contributed by atoms with Gasteiger partial charge in [-0.25, -0.2) is 0 Å². The number of nitrogens with zero attached hydrogens (tertiary/aromatic N) is 1. The molecule has 1 heterocycles. The lowest BCUT2D eigenvalue weighted by Gasteiger charge is -2.15. The molecule has 6 heteroatoms. The van der Waals surface area contributed by atoms with Gasteiger partial charge in [0, 0.05) is 35.2 Å². The predicted octanol–water partition coefficient (Wildman–Crippen LogP) is 4.07. The minimum atomic E-state index is -0.137. The molecule has 150 valence electrons. The molecule has 1 fully saturated rings. The Morgan fingerprint density at radius 3 is 2.38 bits per heavy atom. The number of para-hydroxylation sites is 1. The third-order valence-corrected chi connectivity index (χ3v) is 5.20. The molecule has 1 aliphatic rings. The molecular formula is C23H24N2O4. The summed E-state index contributed by atoms with van der Waals surface area (Å²) in [7, 11) is 4.74. The number of fused-ring (bicyclic) bond motifs is 1. The molecule has 0 aliphatic heterocycles. The molecule has 0 saturated heterocycles. The van der Waals surface area contributed by atoms with Crippen molar-refractivity contribution in [3.05, 3.63) is 59.3 Å². The average Bonchev–Trinajstić information content (AvgIpc) is 3.61. The normalized spacial score (nSPS) is 13.2. The Morgan fingerprint density at radius 2 is 1.69 bits per heavy atom. The molecule has 4 rings (SSSR count). The highest BCUT2D eigenvalue weighted by atomic mass is 16.5. The Balaban J connectivity index is 1.62. The van der Waals surface area contributed by atoms with Gasteiger partial charge in [0.25, 0.3) is 5.91 Å². The summed E-state index contributed by atoms with van der Waals surface area (Å²) in [5.74, 6) is 2.12. The molecule has 0 bridgehead atoms. The quantitative estimate of drug-likeness (QED) is 0.656. The summed E-state index contributed by atoms with van der Waals surface area (Å²) in [5.41, 5.74) is 3.31. The van der Waals surface area contributed by atoms with Crippen molar-refractivity contribution in [2.75, 3.05) is 21.3 Å². The van der Waals surface area contributed by atoms with Gasteiger partial charge in [-0.1, -0.05) is 18.2 Å². The number of pyridine rings is 1. The first-order valence-corrected chi connectivity index (χ1v) is 9.61.